The van der Waals surface area contributed by atoms with Gasteiger partial charge in [-0.15, -0.1) is 11.3 Å². The number of hydrogen-bond acceptors (Lipinski definition) is 7. The molecular formula is C23H21N3O4S. The summed E-state index contributed by atoms with van der Waals surface area (Å²) >= 11 is 1.26. The molecule has 0 fully saturated rings. The van der Waals surface area contributed by atoms with Gasteiger partial charge in [0.2, 0.25) is 5.78 Å². The molecule has 2 aromatic heterocycles. The smallest absolute Gasteiger partial charge is 0.290 e. The first-order valence-corrected chi connectivity index (χ1v) is 10.5. The molecule has 0 aliphatic carbocycles. The summed E-state index contributed by atoms with van der Waals surface area (Å²) in [5.41, 5.74) is 2.20. The molecule has 0 saturated heterocycles. The molecule has 8 heteroatoms. The van der Waals surface area contributed by atoms with Crippen molar-refractivity contribution in [2.75, 3.05) is 7.11 Å². The number of pyridine rings is 1. The number of rotatable bonds is 6. The summed E-state index contributed by atoms with van der Waals surface area (Å²) in [4.78, 5) is 36.8. The summed E-state index contributed by atoms with van der Waals surface area (Å²) < 4.78 is 5.19. The molecule has 0 saturated carbocycles. The Morgan fingerprint density at radius 1 is 1.16 bits per heavy atom. The molecular weight excluding hydrogens is 414 g/mol. The first-order valence-electron chi connectivity index (χ1n) is 9.66. The number of ketones is 1. The number of carbonyl (C=O) groups is 2. The Morgan fingerprint density at radius 3 is 2.42 bits per heavy atom. The number of aryl methyl sites for hydroxylation is 2. The molecule has 1 amide bonds. The number of Topliss-reactive ketones (excluding diaryl/α,β-unsaturated/α-hetero) is 1. The van der Waals surface area contributed by atoms with Gasteiger partial charge in [-0.2, -0.15) is 0 Å². The highest BCUT2D eigenvalue weighted by atomic mass is 32.1. The molecule has 3 heterocycles. The topological polar surface area (TPSA) is 92.6 Å². The number of carbonyl (C=O) groups excluding carboxylic acids is 2. The average molecular weight is 436 g/mol. The van der Waals surface area contributed by atoms with E-state index in [0.29, 0.717) is 21.9 Å². The minimum Gasteiger partial charge on any atom is -0.503 e. The van der Waals surface area contributed by atoms with Gasteiger partial charge in [-0.1, -0.05) is 12.1 Å². The van der Waals surface area contributed by atoms with E-state index in [9.17, 15) is 14.7 Å². The Labute approximate surface area is 183 Å². The van der Waals surface area contributed by atoms with E-state index in [-0.39, 0.29) is 17.9 Å². The van der Waals surface area contributed by atoms with Gasteiger partial charge in [-0.05, 0) is 49.2 Å². The Morgan fingerprint density at radius 2 is 1.84 bits per heavy atom. The van der Waals surface area contributed by atoms with Gasteiger partial charge in [-0.25, -0.2) is 4.98 Å². The van der Waals surface area contributed by atoms with E-state index in [1.54, 1.807) is 50.7 Å². The van der Waals surface area contributed by atoms with Crippen molar-refractivity contribution in [3.8, 4) is 5.75 Å². The number of benzene rings is 1. The van der Waals surface area contributed by atoms with E-state index in [1.165, 1.54) is 16.2 Å². The number of ether oxygens (including phenoxy) is 1. The van der Waals surface area contributed by atoms with E-state index in [4.69, 9.17) is 4.74 Å². The largest absolute Gasteiger partial charge is 0.503 e. The summed E-state index contributed by atoms with van der Waals surface area (Å²) in [5, 5.41) is 11.5. The molecule has 1 unspecified atom stereocenters. The van der Waals surface area contributed by atoms with Gasteiger partial charge in [0.25, 0.3) is 5.91 Å². The van der Waals surface area contributed by atoms with Crippen LogP contribution < -0.4 is 4.74 Å². The Hall–Kier alpha value is -3.52. The lowest BCUT2D eigenvalue weighted by molar-refractivity contribution is -0.130. The van der Waals surface area contributed by atoms with Gasteiger partial charge in [-0.3, -0.25) is 14.6 Å². The molecule has 1 aliphatic rings. The van der Waals surface area contributed by atoms with E-state index in [2.05, 4.69) is 9.97 Å². The quantitative estimate of drug-likeness (QED) is 0.590. The second kappa shape index (κ2) is 8.31. The van der Waals surface area contributed by atoms with Crippen LogP contribution in [0, 0.1) is 13.8 Å². The second-order valence-corrected chi connectivity index (χ2v) is 8.41. The summed E-state index contributed by atoms with van der Waals surface area (Å²) in [6, 6.07) is 10.1. The van der Waals surface area contributed by atoms with Gasteiger partial charge >= 0.3 is 0 Å². The molecule has 1 N–H and O–H groups in total. The Kier molecular flexibility index (Phi) is 5.56. The number of aliphatic hydroxyl groups excluding tert-OH is 1. The van der Waals surface area contributed by atoms with Crippen LogP contribution >= 0.6 is 11.3 Å². The van der Waals surface area contributed by atoms with Crippen LogP contribution in [-0.4, -0.2) is 38.8 Å². The molecule has 7 nitrogen and oxygen atoms in total. The lowest BCUT2D eigenvalue weighted by Crippen LogP contribution is -2.30. The van der Waals surface area contributed by atoms with E-state index in [1.807, 2.05) is 19.1 Å². The van der Waals surface area contributed by atoms with Crippen molar-refractivity contribution < 1.29 is 19.4 Å². The molecule has 4 rings (SSSR count). The standard InChI is InChI=1S/C23H21N3O4S/c1-13-22(31-14(2)25-13)20(27)18-19(16-8-10-24-11-9-16)26(23(29)21(18)28)12-15-4-6-17(30-3)7-5-15/h4-11,19,28H,12H2,1-3H3. The molecule has 31 heavy (non-hydrogen) atoms. The van der Waals surface area contributed by atoms with Crippen LogP contribution in [0.2, 0.25) is 0 Å². The zero-order valence-corrected chi connectivity index (χ0v) is 18.1. The Balaban J connectivity index is 1.77. The maximum atomic E-state index is 13.4. The van der Waals surface area contributed by atoms with Crippen molar-refractivity contribution in [3.05, 3.63) is 86.8 Å². The monoisotopic (exact) mass is 435 g/mol. The van der Waals surface area contributed by atoms with Crippen molar-refractivity contribution >= 4 is 23.0 Å². The van der Waals surface area contributed by atoms with Crippen molar-refractivity contribution in [3.63, 3.8) is 0 Å². The molecule has 0 bridgehead atoms. The maximum Gasteiger partial charge on any atom is 0.290 e. The van der Waals surface area contributed by atoms with Crippen LogP contribution in [0.15, 0.2) is 60.1 Å². The van der Waals surface area contributed by atoms with Crippen molar-refractivity contribution in [1.82, 2.24) is 14.9 Å². The Bertz CT molecular complexity index is 1170. The molecule has 1 aromatic carbocycles. The highest BCUT2D eigenvalue weighted by Gasteiger charge is 2.44. The van der Waals surface area contributed by atoms with Crippen molar-refractivity contribution in [1.29, 1.82) is 0 Å². The lowest BCUT2D eigenvalue weighted by Gasteiger charge is -2.27. The minimum absolute atomic E-state index is 0.0662. The van der Waals surface area contributed by atoms with Gasteiger partial charge in [0.15, 0.2) is 5.76 Å². The number of amides is 1. The third-order valence-corrected chi connectivity index (χ3v) is 6.26. The first-order chi connectivity index (χ1) is 14.9. The summed E-state index contributed by atoms with van der Waals surface area (Å²) in [6.45, 7) is 3.79. The fourth-order valence-electron chi connectivity index (χ4n) is 3.73. The highest BCUT2D eigenvalue weighted by Crippen LogP contribution is 2.40. The number of aliphatic hydroxyl groups is 1. The predicted molar refractivity (Wildman–Crippen MR) is 116 cm³/mol. The zero-order valence-electron chi connectivity index (χ0n) is 17.3. The van der Waals surface area contributed by atoms with Gasteiger partial charge in [0, 0.05) is 18.9 Å². The third kappa shape index (κ3) is 3.82. The fourth-order valence-corrected chi connectivity index (χ4v) is 4.61. The first kappa shape index (κ1) is 20.7. The highest BCUT2D eigenvalue weighted by molar-refractivity contribution is 7.14. The number of hydrogen-bond donors (Lipinski definition) is 1. The van der Waals surface area contributed by atoms with Gasteiger partial charge in [0.05, 0.1) is 34.3 Å². The summed E-state index contributed by atoms with van der Waals surface area (Å²) in [5.74, 6) is -0.784. The van der Waals surface area contributed by atoms with Crippen LogP contribution in [0.4, 0.5) is 0 Å². The number of nitrogens with zero attached hydrogens (tertiary/aromatic N) is 3. The average Bonchev–Trinajstić information content (AvgIpc) is 3.25. The van der Waals surface area contributed by atoms with Crippen LogP contribution in [-0.2, 0) is 11.3 Å². The number of thiazole rings is 1. The van der Waals surface area contributed by atoms with Crippen LogP contribution in [0.3, 0.4) is 0 Å². The van der Waals surface area contributed by atoms with Crippen LogP contribution in [0.1, 0.15) is 37.5 Å². The van der Waals surface area contributed by atoms with Crippen molar-refractivity contribution in [2.45, 2.75) is 26.4 Å². The zero-order chi connectivity index (χ0) is 22.1. The maximum absolute atomic E-state index is 13.4. The van der Waals surface area contributed by atoms with Crippen LogP contribution in [0.25, 0.3) is 0 Å². The second-order valence-electron chi connectivity index (χ2n) is 7.20. The lowest BCUT2D eigenvalue weighted by atomic mass is 9.95. The van der Waals surface area contributed by atoms with Crippen LogP contribution in [0.5, 0.6) is 5.75 Å². The van der Waals surface area contributed by atoms with Gasteiger partial charge < -0.3 is 14.7 Å². The molecule has 158 valence electrons. The van der Waals surface area contributed by atoms with Gasteiger partial charge in [0.1, 0.15) is 5.75 Å². The van der Waals surface area contributed by atoms with E-state index >= 15 is 0 Å². The third-order valence-electron chi connectivity index (χ3n) is 5.19. The fraction of sp³-hybridized carbons (Fsp3) is 0.217. The number of aromatic nitrogens is 2. The van der Waals surface area contributed by atoms with E-state index in [0.717, 1.165) is 10.6 Å². The summed E-state index contributed by atoms with van der Waals surface area (Å²) in [7, 11) is 1.58. The molecule has 1 atom stereocenters. The molecule has 1 aliphatic heterocycles. The van der Waals surface area contributed by atoms with Crippen molar-refractivity contribution in [2.24, 2.45) is 0 Å². The van der Waals surface area contributed by atoms with E-state index < -0.39 is 17.7 Å². The molecule has 0 radical (unpaired) electrons. The normalized spacial score (nSPS) is 16.2. The predicted octanol–water partition coefficient (Wildman–Crippen LogP) is 3.94. The summed E-state index contributed by atoms with van der Waals surface area (Å²) in [6.07, 6.45) is 3.20. The SMILES string of the molecule is COc1ccc(CN2C(=O)C(O)=C(C(=O)c3sc(C)nc3C)C2c2ccncc2)cc1. The molecule has 0 spiro atoms. The minimum atomic E-state index is -0.730. The molecule has 3 aromatic rings. The number of methoxy groups -OCH3 is 1.